The molecule has 0 saturated carbocycles. The van der Waals surface area contributed by atoms with E-state index in [-0.39, 0.29) is 6.10 Å². The molecule has 0 fully saturated rings. The first-order chi connectivity index (χ1) is 4.74. The van der Waals surface area contributed by atoms with Crippen LogP contribution in [0.1, 0.15) is 20.8 Å². The highest BCUT2D eigenvalue weighted by atomic mass is 16.6. The van der Waals surface area contributed by atoms with Gasteiger partial charge in [0, 0.05) is 6.54 Å². The van der Waals surface area contributed by atoms with Crippen molar-refractivity contribution in [2.24, 2.45) is 5.90 Å². The van der Waals surface area contributed by atoms with E-state index in [1.54, 1.807) is 0 Å². The molecule has 0 amide bonds. The van der Waals surface area contributed by atoms with Gasteiger partial charge in [0.2, 0.25) is 0 Å². The standard InChI is InChI=1S/C7H18N2O/c1-4-9(5-2)6-7(3)10-8/h7H,4-6,8H2,1-3H3. The van der Waals surface area contributed by atoms with E-state index < -0.39 is 0 Å². The SMILES string of the molecule is CCN(CC)CC(C)ON. The molecule has 0 radical (unpaired) electrons. The van der Waals surface area contributed by atoms with E-state index in [2.05, 4.69) is 23.6 Å². The summed E-state index contributed by atoms with van der Waals surface area (Å²) in [6.45, 7) is 9.27. The Labute approximate surface area is 63.1 Å². The molecule has 0 saturated heterocycles. The lowest BCUT2D eigenvalue weighted by atomic mass is 10.3. The minimum atomic E-state index is 0.139. The van der Waals surface area contributed by atoms with Gasteiger partial charge in [0.05, 0.1) is 6.10 Å². The Morgan fingerprint density at radius 3 is 2.20 bits per heavy atom. The van der Waals surface area contributed by atoms with Crippen molar-refractivity contribution in [3.63, 3.8) is 0 Å². The van der Waals surface area contributed by atoms with Gasteiger partial charge in [-0.2, -0.15) is 0 Å². The molecule has 0 bridgehead atoms. The Morgan fingerprint density at radius 2 is 1.90 bits per heavy atom. The molecule has 1 unspecified atom stereocenters. The second-order valence-electron chi connectivity index (χ2n) is 2.43. The van der Waals surface area contributed by atoms with E-state index in [0.717, 1.165) is 19.6 Å². The molecule has 0 aliphatic carbocycles. The lowest BCUT2D eigenvalue weighted by Gasteiger charge is -2.20. The van der Waals surface area contributed by atoms with E-state index in [1.165, 1.54) is 0 Å². The first kappa shape index (κ1) is 9.88. The van der Waals surface area contributed by atoms with Gasteiger partial charge in [0.25, 0.3) is 0 Å². The lowest BCUT2D eigenvalue weighted by molar-refractivity contribution is 0.0398. The summed E-state index contributed by atoms with van der Waals surface area (Å²) in [5.74, 6) is 5.00. The molecule has 3 heteroatoms. The average molecular weight is 146 g/mol. The Bertz CT molecular complexity index is 74.0. The van der Waals surface area contributed by atoms with Crippen molar-refractivity contribution < 1.29 is 4.84 Å². The molecule has 2 N–H and O–H groups in total. The third-order valence-corrected chi connectivity index (χ3v) is 1.64. The highest BCUT2D eigenvalue weighted by Gasteiger charge is 2.04. The number of hydrogen-bond acceptors (Lipinski definition) is 3. The second-order valence-corrected chi connectivity index (χ2v) is 2.43. The van der Waals surface area contributed by atoms with Gasteiger partial charge in [-0.05, 0) is 20.0 Å². The predicted molar refractivity (Wildman–Crippen MR) is 42.5 cm³/mol. The summed E-state index contributed by atoms with van der Waals surface area (Å²) >= 11 is 0. The van der Waals surface area contributed by atoms with Crippen molar-refractivity contribution in [3.8, 4) is 0 Å². The van der Waals surface area contributed by atoms with E-state index in [1.807, 2.05) is 6.92 Å². The molecule has 1 atom stereocenters. The van der Waals surface area contributed by atoms with Crippen LogP contribution in [0.15, 0.2) is 0 Å². The van der Waals surface area contributed by atoms with Crippen molar-refractivity contribution in [3.05, 3.63) is 0 Å². The summed E-state index contributed by atoms with van der Waals surface area (Å²) in [5.41, 5.74) is 0. The zero-order valence-corrected chi connectivity index (χ0v) is 7.13. The van der Waals surface area contributed by atoms with E-state index in [0.29, 0.717) is 0 Å². The summed E-state index contributed by atoms with van der Waals surface area (Å²) in [6, 6.07) is 0. The first-order valence-corrected chi connectivity index (χ1v) is 3.82. The summed E-state index contributed by atoms with van der Waals surface area (Å²) in [6.07, 6.45) is 0.139. The minimum absolute atomic E-state index is 0.139. The molecule has 0 heterocycles. The Kier molecular flexibility index (Phi) is 5.58. The number of rotatable bonds is 5. The highest BCUT2D eigenvalue weighted by molar-refractivity contribution is 4.57. The molecule has 0 aliphatic heterocycles. The number of likely N-dealkylation sites (N-methyl/N-ethyl adjacent to an activating group) is 1. The second kappa shape index (κ2) is 5.65. The largest absolute Gasteiger partial charge is 0.301 e. The van der Waals surface area contributed by atoms with Crippen LogP contribution in [-0.4, -0.2) is 30.6 Å². The molecular formula is C7H18N2O. The van der Waals surface area contributed by atoms with Crippen molar-refractivity contribution in [1.82, 2.24) is 4.90 Å². The van der Waals surface area contributed by atoms with Crippen LogP contribution in [0.4, 0.5) is 0 Å². The van der Waals surface area contributed by atoms with Crippen LogP contribution in [-0.2, 0) is 4.84 Å². The maximum Gasteiger partial charge on any atom is 0.0885 e. The molecule has 10 heavy (non-hydrogen) atoms. The summed E-state index contributed by atoms with van der Waals surface area (Å²) in [5, 5.41) is 0. The summed E-state index contributed by atoms with van der Waals surface area (Å²) in [7, 11) is 0. The van der Waals surface area contributed by atoms with Crippen molar-refractivity contribution >= 4 is 0 Å². The van der Waals surface area contributed by atoms with Crippen LogP contribution in [0, 0.1) is 0 Å². The van der Waals surface area contributed by atoms with Crippen molar-refractivity contribution in [1.29, 1.82) is 0 Å². The molecule has 0 aromatic heterocycles. The van der Waals surface area contributed by atoms with Gasteiger partial charge in [0.1, 0.15) is 0 Å². The molecule has 0 aromatic carbocycles. The highest BCUT2D eigenvalue weighted by Crippen LogP contribution is 1.92. The van der Waals surface area contributed by atoms with Crippen LogP contribution < -0.4 is 5.90 Å². The van der Waals surface area contributed by atoms with Crippen LogP contribution in [0.5, 0.6) is 0 Å². The zero-order valence-electron chi connectivity index (χ0n) is 7.13. The Morgan fingerprint density at radius 1 is 1.40 bits per heavy atom. The van der Waals surface area contributed by atoms with Gasteiger partial charge in [-0.15, -0.1) is 0 Å². The minimum Gasteiger partial charge on any atom is -0.301 e. The smallest absolute Gasteiger partial charge is 0.0885 e. The van der Waals surface area contributed by atoms with Gasteiger partial charge < -0.3 is 9.74 Å². The van der Waals surface area contributed by atoms with E-state index in [9.17, 15) is 0 Å². The normalized spacial score (nSPS) is 14.1. The monoisotopic (exact) mass is 146 g/mol. The molecule has 0 rings (SSSR count). The lowest BCUT2D eigenvalue weighted by Crippen LogP contribution is -2.33. The number of hydrogen-bond donors (Lipinski definition) is 1. The Hall–Kier alpha value is -0.120. The predicted octanol–water partition coefficient (Wildman–Crippen LogP) is 0.607. The fourth-order valence-electron chi connectivity index (χ4n) is 0.888. The van der Waals surface area contributed by atoms with E-state index >= 15 is 0 Å². The van der Waals surface area contributed by atoms with Gasteiger partial charge in [-0.3, -0.25) is 0 Å². The number of nitrogens with two attached hydrogens (primary N) is 1. The van der Waals surface area contributed by atoms with Crippen LogP contribution in [0.3, 0.4) is 0 Å². The zero-order chi connectivity index (χ0) is 7.98. The third-order valence-electron chi connectivity index (χ3n) is 1.64. The van der Waals surface area contributed by atoms with Gasteiger partial charge in [-0.1, -0.05) is 13.8 Å². The van der Waals surface area contributed by atoms with E-state index in [4.69, 9.17) is 5.90 Å². The molecule has 0 aliphatic rings. The third kappa shape index (κ3) is 3.82. The van der Waals surface area contributed by atoms with Crippen molar-refractivity contribution in [2.45, 2.75) is 26.9 Å². The molecule has 0 aromatic rings. The fourth-order valence-corrected chi connectivity index (χ4v) is 0.888. The molecule has 0 spiro atoms. The van der Waals surface area contributed by atoms with Gasteiger partial charge in [0.15, 0.2) is 0 Å². The molecule has 62 valence electrons. The topological polar surface area (TPSA) is 38.5 Å². The molecular weight excluding hydrogens is 128 g/mol. The average Bonchev–Trinajstić information content (AvgIpc) is 1.99. The van der Waals surface area contributed by atoms with Gasteiger partial charge in [-0.25, -0.2) is 5.90 Å². The Balaban J connectivity index is 3.41. The van der Waals surface area contributed by atoms with Crippen LogP contribution in [0.2, 0.25) is 0 Å². The first-order valence-electron chi connectivity index (χ1n) is 3.82. The van der Waals surface area contributed by atoms with Gasteiger partial charge >= 0.3 is 0 Å². The maximum absolute atomic E-state index is 5.00. The quantitative estimate of drug-likeness (QED) is 0.577. The maximum atomic E-state index is 5.00. The van der Waals surface area contributed by atoms with Crippen LogP contribution in [0.25, 0.3) is 0 Å². The summed E-state index contributed by atoms with van der Waals surface area (Å²) in [4.78, 5) is 6.92. The van der Waals surface area contributed by atoms with Crippen molar-refractivity contribution in [2.75, 3.05) is 19.6 Å². The summed E-state index contributed by atoms with van der Waals surface area (Å²) < 4.78 is 0. The fraction of sp³-hybridized carbons (Fsp3) is 1.00. The van der Waals surface area contributed by atoms with Crippen LogP contribution >= 0.6 is 0 Å². The molecule has 3 nitrogen and oxygen atoms in total. The number of nitrogens with zero attached hydrogens (tertiary/aromatic N) is 1.